The molecule has 0 fully saturated rings. The Labute approximate surface area is 173 Å². The maximum absolute atomic E-state index is 13.4. The van der Waals surface area contributed by atoms with Crippen LogP contribution in [-0.2, 0) is 21.2 Å². The van der Waals surface area contributed by atoms with E-state index in [1.54, 1.807) is 49.6 Å². The van der Waals surface area contributed by atoms with Gasteiger partial charge >= 0.3 is 5.97 Å². The van der Waals surface area contributed by atoms with E-state index in [0.717, 1.165) is 21.6 Å². The monoisotopic (exact) mass is 428 g/mol. The molecule has 0 spiro atoms. The third-order valence-corrected chi connectivity index (χ3v) is 7.81. The number of nitrogens with zero attached hydrogens (tertiary/aromatic N) is 2. The first-order valence-corrected chi connectivity index (χ1v) is 11.5. The van der Waals surface area contributed by atoms with E-state index in [1.165, 1.54) is 15.6 Å². The Balaban J connectivity index is 1.81. The Kier molecular flexibility index (Phi) is 5.14. The van der Waals surface area contributed by atoms with Gasteiger partial charge in [0.25, 0.3) is 10.0 Å². The summed E-state index contributed by atoms with van der Waals surface area (Å²) < 4.78 is 33.3. The molecule has 0 unspecified atom stereocenters. The van der Waals surface area contributed by atoms with Crippen molar-refractivity contribution in [1.82, 2.24) is 4.98 Å². The molecular formula is C21H20N2O4S2. The van der Waals surface area contributed by atoms with Crippen LogP contribution < -0.4 is 4.31 Å². The van der Waals surface area contributed by atoms with Crippen LogP contribution in [0.3, 0.4) is 0 Å². The SMILES string of the molecule is CCOC(=O)c1cc2c(s1)-c1ccncc1N(S(=O)(=O)c1ccc(C)cc1)CC2. The van der Waals surface area contributed by atoms with Gasteiger partial charge in [-0.15, -0.1) is 11.3 Å². The molecule has 150 valence electrons. The summed E-state index contributed by atoms with van der Waals surface area (Å²) in [6.45, 7) is 4.26. The minimum absolute atomic E-state index is 0.246. The lowest BCUT2D eigenvalue weighted by Gasteiger charge is -2.24. The topological polar surface area (TPSA) is 76.6 Å². The maximum Gasteiger partial charge on any atom is 0.348 e. The zero-order valence-corrected chi connectivity index (χ0v) is 17.7. The molecule has 3 aromatic rings. The highest BCUT2D eigenvalue weighted by molar-refractivity contribution is 7.92. The van der Waals surface area contributed by atoms with Gasteiger partial charge < -0.3 is 4.74 Å². The standard InChI is InChI=1S/C21H20N2O4S2/c1-3-27-21(24)19-12-15-9-11-23(18-13-22-10-8-17(18)20(15)28-19)29(25,26)16-6-4-14(2)5-7-16/h4-8,10,12-13H,3,9,11H2,1-2H3. The van der Waals surface area contributed by atoms with Gasteiger partial charge in [0.1, 0.15) is 4.88 Å². The van der Waals surface area contributed by atoms with Crippen LogP contribution in [0.2, 0.25) is 0 Å². The molecule has 0 bridgehead atoms. The van der Waals surface area contributed by atoms with Crippen molar-refractivity contribution >= 4 is 33.0 Å². The molecule has 4 rings (SSSR count). The molecule has 0 amide bonds. The van der Waals surface area contributed by atoms with E-state index < -0.39 is 10.0 Å². The van der Waals surface area contributed by atoms with Crippen LogP contribution in [0.15, 0.2) is 53.7 Å². The summed E-state index contributed by atoms with van der Waals surface area (Å²) in [5.74, 6) is -0.356. The number of carbonyl (C=O) groups excluding carboxylic acids is 1. The van der Waals surface area contributed by atoms with Crippen molar-refractivity contribution in [3.8, 4) is 10.4 Å². The normalized spacial score (nSPS) is 13.4. The largest absolute Gasteiger partial charge is 0.462 e. The zero-order chi connectivity index (χ0) is 20.6. The number of aromatic nitrogens is 1. The molecule has 0 saturated heterocycles. The molecule has 29 heavy (non-hydrogen) atoms. The van der Waals surface area contributed by atoms with Crippen molar-refractivity contribution in [2.75, 3.05) is 17.5 Å². The predicted molar refractivity (Wildman–Crippen MR) is 113 cm³/mol. The predicted octanol–water partition coefficient (Wildman–Crippen LogP) is 4.05. The third-order valence-electron chi connectivity index (χ3n) is 4.79. The lowest BCUT2D eigenvalue weighted by molar-refractivity contribution is 0.0532. The van der Waals surface area contributed by atoms with E-state index in [9.17, 15) is 13.2 Å². The zero-order valence-electron chi connectivity index (χ0n) is 16.1. The number of sulfonamides is 1. The highest BCUT2D eigenvalue weighted by Crippen LogP contribution is 2.42. The molecule has 2 aromatic heterocycles. The Bertz CT molecular complexity index is 1170. The third kappa shape index (κ3) is 3.54. The van der Waals surface area contributed by atoms with Crippen LogP contribution in [-0.4, -0.2) is 32.5 Å². The molecular weight excluding hydrogens is 408 g/mol. The molecule has 6 nitrogen and oxygen atoms in total. The molecule has 3 heterocycles. The van der Waals surface area contributed by atoms with E-state index in [-0.39, 0.29) is 17.4 Å². The molecule has 0 aliphatic carbocycles. The van der Waals surface area contributed by atoms with Crippen LogP contribution in [0, 0.1) is 6.92 Å². The van der Waals surface area contributed by atoms with Gasteiger partial charge in [-0.25, -0.2) is 13.2 Å². The maximum atomic E-state index is 13.4. The van der Waals surface area contributed by atoms with Crippen molar-refractivity contribution in [2.24, 2.45) is 0 Å². The Morgan fingerprint density at radius 1 is 1.24 bits per heavy atom. The number of hydrogen-bond donors (Lipinski definition) is 0. The smallest absolute Gasteiger partial charge is 0.348 e. The summed E-state index contributed by atoms with van der Waals surface area (Å²) in [4.78, 5) is 18.0. The number of pyridine rings is 1. The number of hydrogen-bond acceptors (Lipinski definition) is 6. The molecule has 8 heteroatoms. The van der Waals surface area contributed by atoms with E-state index in [1.807, 2.05) is 13.0 Å². The van der Waals surface area contributed by atoms with Gasteiger partial charge in [0, 0.05) is 23.2 Å². The fraction of sp³-hybridized carbons (Fsp3) is 0.238. The van der Waals surface area contributed by atoms with E-state index in [4.69, 9.17) is 4.74 Å². The summed E-state index contributed by atoms with van der Waals surface area (Å²) in [6.07, 6.45) is 3.69. The van der Waals surface area contributed by atoms with Crippen LogP contribution in [0.5, 0.6) is 0 Å². The van der Waals surface area contributed by atoms with Gasteiger partial charge in [-0.3, -0.25) is 9.29 Å². The second kappa shape index (κ2) is 7.61. The molecule has 1 aromatic carbocycles. The second-order valence-corrected chi connectivity index (χ2v) is 9.63. The highest BCUT2D eigenvalue weighted by Gasteiger charge is 2.31. The summed E-state index contributed by atoms with van der Waals surface area (Å²) in [7, 11) is -3.74. The summed E-state index contributed by atoms with van der Waals surface area (Å²) in [5.41, 5.74) is 3.20. The van der Waals surface area contributed by atoms with Gasteiger partial charge in [0.15, 0.2) is 0 Å². The minimum atomic E-state index is -3.74. The second-order valence-electron chi connectivity index (χ2n) is 6.72. The first kappa shape index (κ1) is 19.6. The molecule has 0 atom stereocenters. The molecule has 0 N–H and O–H groups in total. The van der Waals surface area contributed by atoms with Gasteiger partial charge in [0.05, 0.1) is 23.4 Å². The average Bonchev–Trinajstić information content (AvgIpc) is 3.06. The molecule has 1 aliphatic rings. The first-order valence-electron chi connectivity index (χ1n) is 9.25. The highest BCUT2D eigenvalue weighted by atomic mass is 32.2. The van der Waals surface area contributed by atoms with Gasteiger partial charge in [-0.2, -0.15) is 0 Å². The number of thiophene rings is 1. The molecule has 0 saturated carbocycles. The number of ether oxygens (including phenoxy) is 1. The van der Waals surface area contributed by atoms with Gasteiger partial charge in [0.2, 0.25) is 0 Å². The van der Waals surface area contributed by atoms with Gasteiger partial charge in [-0.1, -0.05) is 17.7 Å². The quantitative estimate of drug-likeness (QED) is 0.586. The van der Waals surface area contributed by atoms with E-state index in [0.29, 0.717) is 23.6 Å². The van der Waals surface area contributed by atoms with Gasteiger partial charge in [-0.05, 0) is 50.1 Å². The number of fused-ring (bicyclic) bond motifs is 3. The number of esters is 1. The number of benzene rings is 1. The van der Waals surface area contributed by atoms with Crippen LogP contribution in [0.4, 0.5) is 5.69 Å². The van der Waals surface area contributed by atoms with Crippen molar-refractivity contribution in [2.45, 2.75) is 25.2 Å². The summed E-state index contributed by atoms with van der Waals surface area (Å²) in [6, 6.07) is 10.4. The fourth-order valence-corrected chi connectivity index (χ4v) is 5.96. The van der Waals surface area contributed by atoms with E-state index in [2.05, 4.69) is 4.98 Å². The van der Waals surface area contributed by atoms with Crippen LogP contribution in [0.25, 0.3) is 10.4 Å². The lowest BCUT2D eigenvalue weighted by atomic mass is 10.1. The van der Waals surface area contributed by atoms with Crippen molar-refractivity contribution < 1.29 is 17.9 Å². The Morgan fingerprint density at radius 2 is 2.00 bits per heavy atom. The minimum Gasteiger partial charge on any atom is -0.462 e. The average molecular weight is 429 g/mol. The Hall–Kier alpha value is -2.71. The van der Waals surface area contributed by atoms with Crippen LogP contribution >= 0.6 is 11.3 Å². The van der Waals surface area contributed by atoms with Crippen molar-refractivity contribution in [1.29, 1.82) is 0 Å². The molecule has 1 aliphatic heterocycles. The lowest BCUT2D eigenvalue weighted by Crippen LogP contribution is -2.32. The number of aryl methyl sites for hydroxylation is 1. The van der Waals surface area contributed by atoms with E-state index >= 15 is 0 Å². The Morgan fingerprint density at radius 3 is 2.72 bits per heavy atom. The number of rotatable bonds is 4. The van der Waals surface area contributed by atoms with Crippen LogP contribution in [0.1, 0.15) is 27.7 Å². The number of anilines is 1. The fourth-order valence-electron chi connectivity index (χ4n) is 3.35. The van der Waals surface area contributed by atoms with Crippen molar-refractivity contribution in [3.05, 3.63) is 64.8 Å². The first-order chi connectivity index (χ1) is 13.9. The summed E-state index contributed by atoms with van der Waals surface area (Å²) >= 11 is 1.33. The molecule has 0 radical (unpaired) electrons. The number of carbonyl (C=O) groups is 1. The van der Waals surface area contributed by atoms with Crippen molar-refractivity contribution in [3.63, 3.8) is 0 Å². The summed E-state index contributed by atoms with van der Waals surface area (Å²) in [5, 5.41) is 0.